The number of rotatable bonds is 4. The zero-order chi connectivity index (χ0) is 20.3. The molecular weight excluding hydrogens is 388 g/mol. The highest BCUT2D eigenvalue weighted by Gasteiger charge is 2.15. The molecule has 142 valence electrons. The van der Waals surface area contributed by atoms with Gasteiger partial charge in [0.15, 0.2) is 0 Å². The van der Waals surface area contributed by atoms with Gasteiger partial charge in [0.05, 0.1) is 17.5 Å². The van der Waals surface area contributed by atoms with E-state index >= 15 is 0 Å². The van der Waals surface area contributed by atoms with E-state index in [1.807, 2.05) is 0 Å². The Hall–Kier alpha value is -3.85. The number of benzene rings is 2. The molecule has 0 saturated heterocycles. The smallest absolute Gasteiger partial charge is 0.335 e. The molecule has 1 amide bonds. The molecule has 4 N–H and O–H groups in total. The van der Waals surface area contributed by atoms with Crippen LogP contribution in [0.4, 0.5) is 0 Å². The minimum absolute atomic E-state index is 0.0242. The number of nitrogens with zero attached hydrogens (tertiary/aromatic N) is 2. The molecule has 1 aromatic heterocycles. The molecule has 3 aromatic rings. The molecule has 9 nitrogen and oxygen atoms in total. The van der Waals surface area contributed by atoms with Gasteiger partial charge in [-0.3, -0.25) is 14.6 Å². The molecule has 0 atom stereocenters. The number of hydrogen-bond donors (Lipinski definition) is 4. The standard InChI is InChI=1S/C18H13ClN4O5/c19-10-5-7-11(8-6-10)23-17(27)13(15(25)21-18(23)28)9-20-22-16(26)12-3-1-2-4-14(12)24/h1-9,24,27H,(H,22,26)(H,21,25,28). The van der Waals surface area contributed by atoms with Gasteiger partial charge in [0.25, 0.3) is 11.5 Å². The van der Waals surface area contributed by atoms with Gasteiger partial charge in [-0.25, -0.2) is 14.8 Å². The van der Waals surface area contributed by atoms with Crippen molar-refractivity contribution >= 4 is 23.7 Å². The molecule has 0 aliphatic rings. The number of aromatic hydroxyl groups is 2. The van der Waals surface area contributed by atoms with Gasteiger partial charge in [0.1, 0.15) is 11.3 Å². The highest BCUT2D eigenvalue weighted by atomic mass is 35.5. The minimum atomic E-state index is -0.895. The Bertz CT molecular complexity index is 1180. The fourth-order valence-corrected chi connectivity index (χ4v) is 2.49. The Morgan fingerprint density at radius 1 is 1.11 bits per heavy atom. The molecule has 10 heteroatoms. The number of aromatic nitrogens is 2. The van der Waals surface area contributed by atoms with E-state index < -0.39 is 23.0 Å². The first-order chi connectivity index (χ1) is 13.4. The number of amides is 1. The third-order valence-corrected chi connectivity index (χ3v) is 3.97. The maximum atomic E-state index is 12.1. The van der Waals surface area contributed by atoms with Crippen LogP contribution in [0.15, 0.2) is 63.2 Å². The number of carbonyl (C=O) groups is 1. The summed E-state index contributed by atoms with van der Waals surface area (Å²) in [6.07, 6.45) is 0.887. The number of H-pyrrole nitrogens is 1. The fraction of sp³-hybridized carbons (Fsp3) is 0. The lowest BCUT2D eigenvalue weighted by molar-refractivity contribution is 0.0952. The van der Waals surface area contributed by atoms with Crippen LogP contribution in [0.1, 0.15) is 15.9 Å². The molecule has 0 spiro atoms. The molecule has 0 fully saturated rings. The second kappa shape index (κ2) is 7.80. The Kier molecular flexibility index (Phi) is 5.28. The van der Waals surface area contributed by atoms with Gasteiger partial charge < -0.3 is 10.2 Å². The topological polar surface area (TPSA) is 137 Å². The number of para-hydroxylation sites is 1. The van der Waals surface area contributed by atoms with Crippen LogP contribution in [0.3, 0.4) is 0 Å². The van der Waals surface area contributed by atoms with Crippen molar-refractivity contribution in [1.29, 1.82) is 0 Å². The second-order valence-corrected chi connectivity index (χ2v) is 5.96. The van der Waals surface area contributed by atoms with Crippen LogP contribution in [0, 0.1) is 0 Å². The van der Waals surface area contributed by atoms with Gasteiger partial charge in [-0.1, -0.05) is 23.7 Å². The number of halogens is 1. The minimum Gasteiger partial charge on any atom is -0.507 e. The molecule has 0 saturated carbocycles. The maximum absolute atomic E-state index is 12.1. The SMILES string of the molecule is O=C(NN=Cc1c(O)n(-c2ccc(Cl)cc2)c(=O)[nH]c1=O)c1ccccc1O. The number of phenols is 1. The van der Waals surface area contributed by atoms with Crippen LogP contribution in [0.2, 0.25) is 5.02 Å². The summed E-state index contributed by atoms with van der Waals surface area (Å²) >= 11 is 5.81. The first-order valence-corrected chi connectivity index (χ1v) is 8.22. The first-order valence-electron chi connectivity index (χ1n) is 7.84. The first kappa shape index (κ1) is 18.9. The Labute approximate surface area is 162 Å². The quantitative estimate of drug-likeness (QED) is 0.387. The zero-order valence-electron chi connectivity index (χ0n) is 14.1. The van der Waals surface area contributed by atoms with Crippen molar-refractivity contribution in [1.82, 2.24) is 15.0 Å². The third kappa shape index (κ3) is 3.79. The zero-order valence-corrected chi connectivity index (χ0v) is 14.8. The number of phenolic OH excluding ortho intramolecular Hbond substituents is 1. The van der Waals surface area contributed by atoms with E-state index in [1.54, 1.807) is 12.1 Å². The number of nitrogens with one attached hydrogen (secondary N) is 2. The highest BCUT2D eigenvalue weighted by molar-refractivity contribution is 6.30. The summed E-state index contributed by atoms with van der Waals surface area (Å²) in [6, 6.07) is 11.8. The summed E-state index contributed by atoms with van der Waals surface area (Å²) in [4.78, 5) is 38.1. The second-order valence-electron chi connectivity index (χ2n) is 5.52. The van der Waals surface area contributed by atoms with Crippen molar-refractivity contribution in [3.8, 4) is 17.3 Å². The molecular formula is C18H13ClN4O5. The lowest BCUT2D eigenvalue weighted by Crippen LogP contribution is -2.31. The summed E-state index contributed by atoms with van der Waals surface area (Å²) in [6.45, 7) is 0. The van der Waals surface area contributed by atoms with Crippen molar-refractivity contribution in [3.05, 3.63) is 85.5 Å². The summed E-state index contributed by atoms with van der Waals surface area (Å²) in [5.74, 6) is -1.64. The van der Waals surface area contributed by atoms with Gasteiger partial charge in [-0.2, -0.15) is 5.10 Å². The molecule has 2 aromatic carbocycles. The molecule has 0 unspecified atom stereocenters. The third-order valence-electron chi connectivity index (χ3n) is 3.71. The van der Waals surface area contributed by atoms with Crippen molar-refractivity contribution in [2.24, 2.45) is 5.10 Å². The van der Waals surface area contributed by atoms with Crippen LogP contribution >= 0.6 is 11.6 Å². The van der Waals surface area contributed by atoms with E-state index in [1.165, 1.54) is 36.4 Å². The average Bonchev–Trinajstić information content (AvgIpc) is 2.66. The molecule has 0 aliphatic heterocycles. The lowest BCUT2D eigenvalue weighted by atomic mass is 10.2. The van der Waals surface area contributed by atoms with Crippen LogP contribution in [0.25, 0.3) is 5.69 Å². The molecule has 1 heterocycles. The molecule has 0 radical (unpaired) electrons. The Morgan fingerprint density at radius 3 is 2.46 bits per heavy atom. The maximum Gasteiger partial charge on any atom is 0.335 e. The van der Waals surface area contributed by atoms with E-state index in [2.05, 4.69) is 15.5 Å². The van der Waals surface area contributed by atoms with Crippen molar-refractivity contribution in [2.45, 2.75) is 0 Å². The van der Waals surface area contributed by atoms with E-state index in [-0.39, 0.29) is 22.6 Å². The van der Waals surface area contributed by atoms with Crippen molar-refractivity contribution in [3.63, 3.8) is 0 Å². The summed E-state index contributed by atoms with van der Waals surface area (Å²) < 4.78 is 0.851. The lowest BCUT2D eigenvalue weighted by Gasteiger charge is -2.09. The number of aromatic amines is 1. The number of hydrazone groups is 1. The summed E-state index contributed by atoms with van der Waals surface area (Å²) in [7, 11) is 0. The highest BCUT2D eigenvalue weighted by Crippen LogP contribution is 2.18. The van der Waals surface area contributed by atoms with Gasteiger partial charge in [0.2, 0.25) is 5.88 Å². The van der Waals surface area contributed by atoms with Crippen molar-refractivity contribution < 1.29 is 15.0 Å². The summed E-state index contributed by atoms with van der Waals surface area (Å²) in [5, 5.41) is 24.0. The van der Waals surface area contributed by atoms with E-state index in [9.17, 15) is 24.6 Å². The molecule has 0 bridgehead atoms. The monoisotopic (exact) mass is 400 g/mol. The predicted molar refractivity (Wildman–Crippen MR) is 103 cm³/mol. The fourth-order valence-electron chi connectivity index (χ4n) is 2.37. The van der Waals surface area contributed by atoms with Crippen LogP contribution in [-0.4, -0.2) is 31.9 Å². The Balaban J connectivity index is 1.93. The average molecular weight is 401 g/mol. The van der Waals surface area contributed by atoms with Crippen LogP contribution < -0.4 is 16.7 Å². The molecule has 0 aliphatic carbocycles. The van der Waals surface area contributed by atoms with Gasteiger partial charge in [-0.05, 0) is 36.4 Å². The Morgan fingerprint density at radius 2 is 1.79 bits per heavy atom. The van der Waals surface area contributed by atoms with Crippen LogP contribution in [-0.2, 0) is 0 Å². The summed E-state index contributed by atoms with van der Waals surface area (Å²) in [5.41, 5.74) is 0.251. The van der Waals surface area contributed by atoms with E-state index in [0.29, 0.717) is 5.02 Å². The number of carbonyl (C=O) groups excluding carboxylic acids is 1. The van der Waals surface area contributed by atoms with E-state index in [4.69, 9.17) is 11.6 Å². The molecule has 28 heavy (non-hydrogen) atoms. The molecule has 3 rings (SSSR count). The largest absolute Gasteiger partial charge is 0.507 e. The van der Waals surface area contributed by atoms with Gasteiger partial charge in [0, 0.05) is 5.02 Å². The van der Waals surface area contributed by atoms with E-state index in [0.717, 1.165) is 10.8 Å². The van der Waals surface area contributed by atoms with Gasteiger partial charge >= 0.3 is 5.69 Å². The normalized spacial score (nSPS) is 10.9. The predicted octanol–water partition coefficient (Wildman–Crippen LogP) is 1.35. The van der Waals surface area contributed by atoms with Crippen LogP contribution in [0.5, 0.6) is 11.6 Å². The van der Waals surface area contributed by atoms with Crippen molar-refractivity contribution in [2.75, 3.05) is 0 Å². The number of hydrogen-bond acceptors (Lipinski definition) is 6. The van der Waals surface area contributed by atoms with Gasteiger partial charge in [-0.15, -0.1) is 0 Å².